The first-order valence-corrected chi connectivity index (χ1v) is 9.22. The van der Waals surface area contributed by atoms with Crippen molar-refractivity contribution in [3.8, 4) is 0 Å². The van der Waals surface area contributed by atoms with E-state index < -0.39 is 0 Å². The highest BCUT2D eigenvalue weighted by atomic mass is 35.5. The topological polar surface area (TPSA) is 76.2 Å². The molecule has 1 saturated heterocycles. The molecule has 1 aliphatic heterocycles. The number of aryl methyl sites for hydroxylation is 2. The molecule has 1 amide bonds. The molecule has 156 valence electrons. The van der Waals surface area contributed by atoms with Crippen LogP contribution in [0, 0.1) is 19.8 Å². The maximum Gasteiger partial charge on any atom is 0.241 e. The van der Waals surface area contributed by atoms with Gasteiger partial charge in [-0.3, -0.25) is 14.4 Å². The van der Waals surface area contributed by atoms with E-state index in [9.17, 15) is 4.79 Å². The van der Waals surface area contributed by atoms with Gasteiger partial charge in [-0.15, -0.1) is 24.8 Å². The molecule has 1 unspecified atom stereocenters. The fourth-order valence-electron chi connectivity index (χ4n) is 3.89. The minimum absolute atomic E-state index is 0. The zero-order valence-electron chi connectivity index (χ0n) is 16.9. The molecule has 1 fully saturated rings. The molecule has 0 aliphatic carbocycles. The molecular weight excluding hydrogens is 397 g/mol. The van der Waals surface area contributed by atoms with Gasteiger partial charge in [0.05, 0.1) is 23.1 Å². The molecule has 6 nitrogen and oxygen atoms in total. The molecular formula is C20H31Cl2N5O. The SMILES string of the molecule is Cc1nn(C)c(C)c1NC(=O)C(C)N1C[C@@H](CN)[C@H](c2ccccc2)C1.Cl.Cl. The van der Waals surface area contributed by atoms with Crippen LogP contribution in [0.4, 0.5) is 5.69 Å². The third-order valence-corrected chi connectivity index (χ3v) is 5.68. The van der Waals surface area contributed by atoms with E-state index in [-0.39, 0.29) is 36.8 Å². The maximum absolute atomic E-state index is 12.8. The summed E-state index contributed by atoms with van der Waals surface area (Å²) in [5, 5.41) is 7.44. The van der Waals surface area contributed by atoms with E-state index in [1.807, 2.05) is 33.9 Å². The van der Waals surface area contributed by atoms with Crippen molar-refractivity contribution in [2.75, 3.05) is 25.0 Å². The first kappa shape index (κ1) is 24.4. The number of benzene rings is 1. The Kier molecular flexibility index (Phi) is 8.95. The number of nitrogens with zero attached hydrogens (tertiary/aromatic N) is 3. The van der Waals surface area contributed by atoms with E-state index in [1.54, 1.807) is 4.68 Å². The van der Waals surface area contributed by atoms with Crippen LogP contribution in [0.5, 0.6) is 0 Å². The molecule has 28 heavy (non-hydrogen) atoms. The second-order valence-electron chi connectivity index (χ2n) is 7.30. The third-order valence-electron chi connectivity index (χ3n) is 5.68. The lowest BCUT2D eigenvalue weighted by Gasteiger charge is -2.23. The number of rotatable bonds is 5. The number of amides is 1. The van der Waals surface area contributed by atoms with Crippen LogP contribution in [-0.2, 0) is 11.8 Å². The molecule has 3 rings (SSSR count). The highest BCUT2D eigenvalue weighted by Crippen LogP contribution is 2.33. The Bertz CT molecular complexity index is 780. The largest absolute Gasteiger partial charge is 0.330 e. The summed E-state index contributed by atoms with van der Waals surface area (Å²) < 4.78 is 1.79. The highest BCUT2D eigenvalue weighted by molar-refractivity contribution is 5.95. The molecule has 1 aliphatic rings. The molecule has 2 aromatic rings. The summed E-state index contributed by atoms with van der Waals surface area (Å²) in [6.45, 7) is 8.18. The van der Waals surface area contributed by atoms with Gasteiger partial charge < -0.3 is 11.1 Å². The number of likely N-dealkylation sites (tertiary alicyclic amines) is 1. The first-order chi connectivity index (χ1) is 12.4. The number of anilines is 1. The van der Waals surface area contributed by atoms with Crippen molar-refractivity contribution in [2.45, 2.75) is 32.7 Å². The van der Waals surface area contributed by atoms with Gasteiger partial charge in [-0.05, 0) is 38.8 Å². The summed E-state index contributed by atoms with van der Waals surface area (Å²) in [4.78, 5) is 15.1. The van der Waals surface area contributed by atoms with E-state index in [4.69, 9.17) is 5.73 Å². The van der Waals surface area contributed by atoms with Gasteiger partial charge in [0.1, 0.15) is 0 Å². The van der Waals surface area contributed by atoms with Crippen molar-refractivity contribution in [3.05, 3.63) is 47.3 Å². The zero-order valence-corrected chi connectivity index (χ0v) is 18.5. The first-order valence-electron chi connectivity index (χ1n) is 9.22. The molecule has 1 aromatic heterocycles. The fraction of sp³-hybridized carbons (Fsp3) is 0.500. The molecule has 3 atom stereocenters. The van der Waals surface area contributed by atoms with Crippen molar-refractivity contribution in [1.29, 1.82) is 0 Å². The van der Waals surface area contributed by atoms with Gasteiger partial charge in [0.2, 0.25) is 5.91 Å². The molecule has 0 spiro atoms. The minimum Gasteiger partial charge on any atom is -0.330 e. The van der Waals surface area contributed by atoms with Crippen LogP contribution in [0.2, 0.25) is 0 Å². The van der Waals surface area contributed by atoms with E-state index in [0.29, 0.717) is 18.4 Å². The fourth-order valence-corrected chi connectivity index (χ4v) is 3.89. The van der Waals surface area contributed by atoms with Crippen LogP contribution in [0.25, 0.3) is 0 Å². The van der Waals surface area contributed by atoms with Crippen LogP contribution >= 0.6 is 24.8 Å². The van der Waals surface area contributed by atoms with Gasteiger partial charge in [0.25, 0.3) is 0 Å². The Morgan fingerprint density at radius 2 is 1.89 bits per heavy atom. The van der Waals surface area contributed by atoms with Gasteiger partial charge >= 0.3 is 0 Å². The lowest BCUT2D eigenvalue weighted by atomic mass is 9.89. The highest BCUT2D eigenvalue weighted by Gasteiger charge is 2.37. The number of carbonyl (C=O) groups is 1. The Balaban J connectivity index is 0.00000196. The van der Waals surface area contributed by atoms with Gasteiger partial charge in [0.15, 0.2) is 0 Å². The van der Waals surface area contributed by atoms with Gasteiger partial charge in [0, 0.05) is 26.1 Å². The lowest BCUT2D eigenvalue weighted by Crippen LogP contribution is -2.41. The average molecular weight is 428 g/mol. The van der Waals surface area contributed by atoms with E-state index in [0.717, 1.165) is 30.2 Å². The number of hydrogen-bond donors (Lipinski definition) is 2. The predicted octanol–water partition coefficient (Wildman–Crippen LogP) is 2.88. The number of aromatic nitrogens is 2. The van der Waals surface area contributed by atoms with Crippen LogP contribution in [0.3, 0.4) is 0 Å². The van der Waals surface area contributed by atoms with E-state index >= 15 is 0 Å². The van der Waals surface area contributed by atoms with Crippen molar-refractivity contribution in [1.82, 2.24) is 14.7 Å². The van der Waals surface area contributed by atoms with Crippen LogP contribution in [0.1, 0.15) is 29.8 Å². The number of nitrogens with two attached hydrogens (primary N) is 1. The summed E-state index contributed by atoms with van der Waals surface area (Å²) in [5.41, 5.74) is 9.95. The summed E-state index contributed by atoms with van der Waals surface area (Å²) in [7, 11) is 1.89. The van der Waals surface area contributed by atoms with Gasteiger partial charge in [-0.2, -0.15) is 5.10 Å². The summed E-state index contributed by atoms with van der Waals surface area (Å²) in [6.07, 6.45) is 0. The Labute approximate surface area is 179 Å². The summed E-state index contributed by atoms with van der Waals surface area (Å²) >= 11 is 0. The second kappa shape index (κ2) is 10.3. The van der Waals surface area contributed by atoms with Crippen LogP contribution < -0.4 is 11.1 Å². The molecule has 2 heterocycles. The second-order valence-corrected chi connectivity index (χ2v) is 7.30. The minimum atomic E-state index is -0.211. The Morgan fingerprint density at radius 3 is 2.43 bits per heavy atom. The number of halogens is 2. The van der Waals surface area contributed by atoms with Crippen molar-refractivity contribution >= 4 is 36.4 Å². The number of carbonyl (C=O) groups excluding carboxylic acids is 1. The maximum atomic E-state index is 12.8. The third kappa shape index (κ3) is 4.87. The van der Waals surface area contributed by atoms with Crippen molar-refractivity contribution < 1.29 is 4.79 Å². The normalized spacial score (nSPS) is 20.2. The molecule has 1 aromatic carbocycles. The van der Waals surface area contributed by atoms with E-state index in [2.05, 4.69) is 39.6 Å². The van der Waals surface area contributed by atoms with E-state index in [1.165, 1.54) is 5.56 Å². The summed E-state index contributed by atoms with van der Waals surface area (Å²) in [5.74, 6) is 0.751. The van der Waals surface area contributed by atoms with Crippen molar-refractivity contribution in [2.24, 2.45) is 18.7 Å². The standard InChI is InChI=1S/C20H29N5O.2ClH/c1-13-19(14(2)24(4)23-13)22-20(26)15(3)25-11-17(10-21)18(12-25)16-8-6-5-7-9-16;;/h5-9,15,17-18H,10-12,21H2,1-4H3,(H,22,26);2*1H/t15?,17-,18+;;/m1../s1. The van der Waals surface area contributed by atoms with Gasteiger partial charge in [-0.1, -0.05) is 30.3 Å². The summed E-state index contributed by atoms with van der Waals surface area (Å²) in [6, 6.07) is 10.3. The zero-order chi connectivity index (χ0) is 18.8. The molecule has 0 saturated carbocycles. The molecule has 3 N–H and O–H groups in total. The quantitative estimate of drug-likeness (QED) is 0.768. The molecule has 8 heteroatoms. The molecule has 0 bridgehead atoms. The monoisotopic (exact) mass is 427 g/mol. The molecule has 0 radical (unpaired) electrons. The predicted molar refractivity (Wildman–Crippen MR) is 119 cm³/mol. The number of nitrogens with one attached hydrogen (secondary N) is 1. The Morgan fingerprint density at radius 1 is 1.25 bits per heavy atom. The van der Waals surface area contributed by atoms with Gasteiger partial charge in [-0.25, -0.2) is 0 Å². The van der Waals surface area contributed by atoms with Crippen LogP contribution in [0.15, 0.2) is 30.3 Å². The lowest BCUT2D eigenvalue weighted by molar-refractivity contribution is -0.120. The van der Waals surface area contributed by atoms with Crippen LogP contribution in [-0.4, -0.2) is 46.3 Å². The Hall–Kier alpha value is -1.60. The number of hydrogen-bond acceptors (Lipinski definition) is 4. The van der Waals surface area contributed by atoms with Crippen molar-refractivity contribution in [3.63, 3.8) is 0 Å². The average Bonchev–Trinajstić information content (AvgIpc) is 3.18. The smallest absolute Gasteiger partial charge is 0.241 e.